The highest BCUT2D eigenvalue weighted by Crippen LogP contribution is 2.17. The molecular weight excluding hydrogens is 281 g/mol. The molecule has 7 heteroatoms. The van der Waals surface area contributed by atoms with Crippen LogP contribution in [0.5, 0.6) is 0 Å². The lowest BCUT2D eigenvalue weighted by Gasteiger charge is -2.23. The van der Waals surface area contributed by atoms with E-state index in [1.165, 1.54) is 12.1 Å². The summed E-state index contributed by atoms with van der Waals surface area (Å²) in [7, 11) is -3.84. The molecule has 1 fully saturated rings. The van der Waals surface area contributed by atoms with E-state index in [1.54, 1.807) is 0 Å². The lowest BCUT2D eigenvalue weighted by Crippen LogP contribution is -2.40. The Hall–Kier alpha value is -1.18. The molecule has 20 heavy (non-hydrogen) atoms. The standard InChI is InChI=1S/C13H20FN3O2S/c1-10(17-6-2-3-7-17)9-16-20(18,19)13-5-4-11(15)8-12(13)14/h4-5,8,10,16H,2-3,6-7,9,15H2,1H3. The molecule has 1 unspecified atom stereocenters. The Morgan fingerprint density at radius 1 is 1.40 bits per heavy atom. The number of sulfonamides is 1. The molecule has 1 saturated heterocycles. The predicted molar refractivity (Wildman–Crippen MR) is 76.3 cm³/mol. The number of hydrogen-bond acceptors (Lipinski definition) is 4. The number of halogens is 1. The van der Waals surface area contributed by atoms with Gasteiger partial charge in [0, 0.05) is 18.3 Å². The van der Waals surface area contributed by atoms with Crippen LogP contribution < -0.4 is 10.5 Å². The molecule has 1 aromatic carbocycles. The van der Waals surface area contributed by atoms with E-state index in [2.05, 4.69) is 9.62 Å². The second-order valence-electron chi connectivity index (χ2n) is 5.13. The topological polar surface area (TPSA) is 75.4 Å². The summed E-state index contributed by atoms with van der Waals surface area (Å²) in [5, 5.41) is 0. The lowest BCUT2D eigenvalue weighted by atomic mass is 10.3. The summed E-state index contributed by atoms with van der Waals surface area (Å²) in [6, 6.07) is 3.68. The number of nitrogen functional groups attached to an aromatic ring is 1. The maximum Gasteiger partial charge on any atom is 0.243 e. The largest absolute Gasteiger partial charge is 0.399 e. The average molecular weight is 301 g/mol. The number of nitrogens with zero attached hydrogens (tertiary/aromatic N) is 1. The Labute approximate surface area is 119 Å². The van der Waals surface area contributed by atoms with Crippen molar-refractivity contribution in [1.29, 1.82) is 0 Å². The van der Waals surface area contributed by atoms with Gasteiger partial charge in [-0.15, -0.1) is 0 Å². The first-order chi connectivity index (χ1) is 9.40. The van der Waals surface area contributed by atoms with Gasteiger partial charge in [0.2, 0.25) is 10.0 Å². The number of nitrogens with two attached hydrogens (primary N) is 1. The summed E-state index contributed by atoms with van der Waals surface area (Å²) in [6.07, 6.45) is 2.29. The van der Waals surface area contributed by atoms with Gasteiger partial charge in [-0.05, 0) is 51.1 Å². The van der Waals surface area contributed by atoms with E-state index < -0.39 is 15.8 Å². The van der Waals surface area contributed by atoms with E-state index in [4.69, 9.17) is 5.73 Å². The van der Waals surface area contributed by atoms with Crippen LogP contribution in [0, 0.1) is 5.82 Å². The Morgan fingerprint density at radius 2 is 2.05 bits per heavy atom. The van der Waals surface area contributed by atoms with E-state index in [9.17, 15) is 12.8 Å². The van der Waals surface area contributed by atoms with Crippen molar-refractivity contribution in [1.82, 2.24) is 9.62 Å². The number of rotatable bonds is 5. The second-order valence-corrected chi connectivity index (χ2v) is 6.87. The maximum absolute atomic E-state index is 13.7. The molecule has 1 aliphatic heterocycles. The molecule has 0 aliphatic carbocycles. The molecule has 5 nitrogen and oxygen atoms in total. The van der Waals surface area contributed by atoms with Gasteiger partial charge < -0.3 is 5.73 Å². The van der Waals surface area contributed by atoms with Crippen LogP contribution in [0.2, 0.25) is 0 Å². The summed E-state index contributed by atoms with van der Waals surface area (Å²) >= 11 is 0. The Bertz CT molecular complexity index is 571. The third-order valence-electron chi connectivity index (χ3n) is 3.58. The van der Waals surface area contributed by atoms with Gasteiger partial charge in [0.15, 0.2) is 0 Å². The molecule has 2 rings (SSSR count). The van der Waals surface area contributed by atoms with E-state index in [0.717, 1.165) is 32.0 Å². The molecule has 0 saturated carbocycles. The highest BCUT2D eigenvalue weighted by Gasteiger charge is 2.23. The molecule has 112 valence electrons. The monoisotopic (exact) mass is 301 g/mol. The number of benzene rings is 1. The quantitative estimate of drug-likeness (QED) is 0.801. The lowest BCUT2D eigenvalue weighted by molar-refractivity contribution is 0.260. The first kappa shape index (κ1) is 15.2. The van der Waals surface area contributed by atoms with Crippen molar-refractivity contribution in [2.75, 3.05) is 25.4 Å². The van der Waals surface area contributed by atoms with Crippen LogP contribution in [0.25, 0.3) is 0 Å². The van der Waals surface area contributed by atoms with Crippen LogP contribution >= 0.6 is 0 Å². The zero-order chi connectivity index (χ0) is 14.8. The van der Waals surface area contributed by atoms with E-state index in [0.29, 0.717) is 0 Å². The summed E-state index contributed by atoms with van der Waals surface area (Å²) in [6.45, 7) is 4.21. The molecule has 0 amide bonds. The summed E-state index contributed by atoms with van der Waals surface area (Å²) in [4.78, 5) is 1.86. The molecule has 0 bridgehead atoms. The van der Waals surface area contributed by atoms with Crippen LogP contribution in [0.1, 0.15) is 19.8 Å². The van der Waals surface area contributed by atoms with E-state index in [-0.39, 0.29) is 23.2 Å². The van der Waals surface area contributed by atoms with Gasteiger partial charge in [-0.25, -0.2) is 17.5 Å². The van der Waals surface area contributed by atoms with Crippen molar-refractivity contribution in [3.63, 3.8) is 0 Å². The maximum atomic E-state index is 13.7. The van der Waals surface area contributed by atoms with Crippen LogP contribution in [-0.2, 0) is 10.0 Å². The van der Waals surface area contributed by atoms with Gasteiger partial charge in [0.1, 0.15) is 10.7 Å². The van der Waals surface area contributed by atoms with Gasteiger partial charge in [0.05, 0.1) is 0 Å². The van der Waals surface area contributed by atoms with Crippen LogP contribution in [0.3, 0.4) is 0 Å². The number of hydrogen-bond donors (Lipinski definition) is 2. The molecule has 1 aliphatic rings. The minimum atomic E-state index is -3.84. The Kier molecular flexibility index (Phi) is 4.62. The highest BCUT2D eigenvalue weighted by atomic mass is 32.2. The van der Waals surface area contributed by atoms with Crippen LogP contribution in [-0.4, -0.2) is 39.0 Å². The molecule has 3 N–H and O–H groups in total. The van der Waals surface area contributed by atoms with Crippen LogP contribution in [0.15, 0.2) is 23.1 Å². The smallest absolute Gasteiger partial charge is 0.243 e. The zero-order valence-electron chi connectivity index (χ0n) is 11.5. The Morgan fingerprint density at radius 3 is 2.65 bits per heavy atom. The van der Waals surface area contributed by atoms with Gasteiger partial charge >= 0.3 is 0 Å². The Balaban J connectivity index is 2.03. The van der Waals surface area contributed by atoms with Gasteiger partial charge in [0.25, 0.3) is 0 Å². The third kappa shape index (κ3) is 3.47. The van der Waals surface area contributed by atoms with Gasteiger partial charge in [-0.3, -0.25) is 4.90 Å². The fourth-order valence-corrected chi connectivity index (χ4v) is 3.53. The molecule has 1 heterocycles. The summed E-state index contributed by atoms with van der Waals surface area (Å²) < 4.78 is 40.3. The fraction of sp³-hybridized carbons (Fsp3) is 0.538. The third-order valence-corrected chi connectivity index (χ3v) is 5.04. The highest BCUT2D eigenvalue weighted by molar-refractivity contribution is 7.89. The van der Waals surface area contributed by atoms with E-state index in [1.807, 2.05) is 6.92 Å². The van der Waals surface area contributed by atoms with Crippen molar-refractivity contribution in [2.45, 2.75) is 30.7 Å². The number of likely N-dealkylation sites (tertiary alicyclic amines) is 1. The zero-order valence-corrected chi connectivity index (χ0v) is 12.3. The minimum Gasteiger partial charge on any atom is -0.399 e. The van der Waals surface area contributed by atoms with Crippen LogP contribution in [0.4, 0.5) is 10.1 Å². The molecule has 0 aromatic heterocycles. The van der Waals surface area contributed by atoms with Crippen molar-refractivity contribution < 1.29 is 12.8 Å². The van der Waals surface area contributed by atoms with Crippen molar-refractivity contribution >= 4 is 15.7 Å². The summed E-state index contributed by atoms with van der Waals surface area (Å²) in [5.74, 6) is -0.827. The average Bonchev–Trinajstić information content (AvgIpc) is 2.89. The number of nitrogens with one attached hydrogen (secondary N) is 1. The molecule has 1 aromatic rings. The minimum absolute atomic E-state index is 0.101. The predicted octanol–water partition coefficient (Wildman–Crippen LogP) is 1.17. The molecule has 1 atom stereocenters. The van der Waals surface area contributed by atoms with Crippen molar-refractivity contribution in [3.8, 4) is 0 Å². The first-order valence-corrected chi connectivity index (χ1v) is 8.17. The van der Waals surface area contributed by atoms with Gasteiger partial charge in [-0.1, -0.05) is 0 Å². The normalized spacial score (nSPS) is 18.3. The molecule has 0 radical (unpaired) electrons. The van der Waals surface area contributed by atoms with Crippen molar-refractivity contribution in [3.05, 3.63) is 24.0 Å². The SMILES string of the molecule is CC(CNS(=O)(=O)c1ccc(N)cc1F)N1CCCC1. The molecule has 0 spiro atoms. The van der Waals surface area contributed by atoms with E-state index >= 15 is 0 Å². The summed E-state index contributed by atoms with van der Waals surface area (Å²) in [5.41, 5.74) is 5.61. The molecular formula is C13H20FN3O2S. The number of anilines is 1. The van der Waals surface area contributed by atoms with Crippen molar-refractivity contribution in [2.24, 2.45) is 0 Å². The van der Waals surface area contributed by atoms with Gasteiger partial charge in [-0.2, -0.15) is 0 Å². The fourth-order valence-electron chi connectivity index (χ4n) is 2.35. The second kappa shape index (κ2) is 6.07. The first-order valence-electron chi connectivity index (χ1n) is 6.69.